The summed E-state index contributed by atoms with van der Waals surface area (Å²) in [5.41, 5.74) is 1.99. The van der Waals surface area contributed by atoms with Gasteiger partial charge in [-0.05, 0) is 49.1 Å². The maximum Gasteiger partial charge on any atom is 0.261 e. The first-order valence-electron chi connectivity index (χ1n) is 10.0. The molecule has 0 fully saturated rings. The summed E-state index contributed by atoms with van der Waals surface area (Å²) in [4.78, 5) is 27.2. The Bertz CT molecular complexity index is 808. The number of halogens is 1. The summed E-state index contributed by atoms with van der Waals surface area (Å²) >= 11 is 6.29. The van der Waals surface area contributed by atoms with E-state index in [4.69, 9.17) is 16.3 Å². The Labute approximate surface area is 178 Å². The SMILES string of the molecule is CCNC(=O)[C@@H](CC)N(Cc1ccccc1Cl)C(=O)COc1ccc(CC)cc1. The number of nitrogens with one attached hydrogen (secondary N) is 1. The summed E-state index contributed by atoms with van der Waals surface area (Å²) < 4.78 is 5.69. The van der Waals surface area contributed by atoms with E-state index in [1.807, 2.05) is 56.3 Å². The fourth-order valence-corrected chi connectivity index (χ4v) is 3.27. The van der Waals surface area contributed by atoms with Crippen molar-refractivity contribution in [3.63, 3.8) is 0 Å². The van der Waals surface area contributed by atoms with Crippen molar-refractivity contribution < 1.29 is 14.3 Å². The van der Waals surface area contributed by atoms with Crippen molar-refractivity contribution >= 4 is 23.4 Å². The molecule has 2 aromatic carbocycles. The number of carbonyl (C=O) groups excluding carboxylic acids is 2. The van der Waals surface area contributed by atoms with E-state index >= 15 is 0 Å². The van der Waals surface area contributed by atoms with Crippen LogP contribution in [0.3, 0.4) is 0 Å². The van der Waals surface area contributed by atoms with Crippen molar-refractivity contribution in [3.8, 4) is 5.75 Å². The molecule has 0 radical (unpaired) electrons. The first kappa shape index (κ1) is 22.8. The molecule has 2 aromatic rings. The number of likely N-dealkylation sites (N-methyl/N-ethyl adjacent to an activating group) is 1. The van der Waals surface area contributed by atoms with Crippen molar-refractivity contribution in [1.82, 2.24) is 10.2 Å². The van der Waals surface area contributed by atoms with Gasteiger partial charge in [-0.3, -0.25) is 9.59 Å². The summed E-state index contributed by atoms with van der Waals surface area (Å²) in [6.07, 6.45) is 1.43. The van der Waals surface area contributed by atoms with Gasteiger partial charge >= 0.3 is 0 Å². The summed E-state index contributed by atoms with van der Waals surface area (Å²) in [6.45, 7) is 6.42. The summed E-state index contributed by atoms with van der Waals surface area (Å²) in [5, 5.41) is 3.37. The lowest BCUT2D eigenvalue weighted by atomic mass is 10.1. The van der Waals surface area contributed by atoms with E-state index in [-0.39, 0.29) is 25.0 Å². The lowest BCUT2D eigenvalue weighted by molar-refractivity contribution is -0.142. The average molecular weight is 417 g/mol. The fraction of sp³-hybridized carbons (Fsp3) is 0.391. The van der Waals surface area contributed by atoms with E-state index in [9.17, 15) is 9.59 Å². The molecule has 0 unspecified atom stereocenters. The molecule has 1 N–H and O–H groups in total. The Hall–Kier alpha value is -2.53. The normalized spacial score (nSPS) is 11.6. The van der Waals surface area contributed by atoms with Gasteiger partial charge in [-0.2, -0.15) is 0 Å². The van der Waals surface area contributed by atoms with Crippen LogP contribution >= 0.6 is 11.6 Å². The van der Waals surface area contributed by atoms with E-state index in [2.05, 4.69) is 12.2 Å². The third-order valence-electron chi connectivity index (χ3n) is 4.73. The van der Waals surface area contributed by atoms with Crippen molar-refractivity contribution in [1.29, 1.82) is 0 Å². The van der Waals surface area contributed by atoms with Crippen LogP contribution in [0.1, 0.15) is 38.3 Å². The van der Waals surface area contributed by atoms with Crippen LogP contribution in [0, 0.1) is 0 Å². The average Bonchev–Trinajstić information content (AvgIpc) is 2.73. The van der Waals surface area contributed by atoms with Gasteiger partial charge < -0.3 is 15.0 Å². The van der Waals surface area contributed by atoms with Gasteiger partial charge in [-0.1, -0.05) is 55.8 Å². The second kappa shape index (κ2) is 11.5. The minimum atomic E-state index is -0.593. The number of nitrogens with zero attached hydrogens (tertiary/aromatic N) is 1. The van der Waals surface area contributed by atoms with Gasteiger partial charge in [0, 0.05) is 18.1 Å². The van der Waals surface area contributed by atoms with E-state index in [0.29, 0.717) is 23.7 Å². The van der Waals surface area contributed by atoms with E-state index in [1.165, 1.54) is 5.56 Å². The molecule has 6 heteroatoms. The molecule has 0 heterocycles. The highest BCUT2D eigenvalue weighted by molar-refractivity contribution is 6.31. The molecule has 0 saturated carbocycles. The topological polar surface area (TPSA) is 58.6 Å². The number of hydrogen-bond acceptors (Lipinski definition) is 3. The molecule has 5 nitrogen and oxygen atoms in total. The number of benzene rings is 2. The highest BCUT2D eigenvalue weighted by Gasteiger charge is 2.29. The van der Waals surface area contributed by atoms with Gasteiger partial charge in [-0.25, -0.2) is 0 Å². The van der Waals surface area contributed by atoms with Gasteiger partial charge in [-0.15, -0.1) is 0 Å². The number of hydrogen-bond donors (Lipinski definition) is 1. The molecule has 156 valence electrons. The number of carbonyl (C=O) groups is 2. The Morgan fingerprint density at radius 3 is 2.34 bits per heavy atom. The molecule has 0 aliphatic heterocycles. The molecule has 0 saturated heterocycles. The van der Waals surface area contributed by atoms with Gasteiger partial charge in [0.1, 0.15) is 11.8 Å². The van der Waals surface area contributed by atoms with Crippen molar-refractivity contribution in [2.75, 3.05) is 13.2 Å². The molecule has 2 rings (SSSR count). The third-order valence-corrected chi connectivity index (χ3v) is 5.10. The lowest BCUT2D eigenvalue weighted by Crippen LogP contribution is -2.50. The van der Waals surface area contributed by atoms with Gasteiger partial charge in [0.15, 0.2) is 6.61 Å². The number of ether oxygens (including phenoxy) is 1. The number of rotatable bonds is 10. The summed E-state index contributed by atoms with van der Waals surface area (Å²) in [5.74, 6) is 0.185. The molecular formula is C23H29ClN2O3. The maximum absolute atomic E-state index is 13.0. The molecular weight excluding hydrogens is 388 g/mol. The molecule has 1 atom stereocenters. The van der Waals surface area contributed by atoms with Crippen LogP contribution in [0.5, 0.6) is 5.75 Å². The maximum atomic E-state index is 13.0. The molecule has 2 amide bonds. The van der Waals surface area contributed by atoms with E-state index in [1.54, 1.807) is 11.0 Å². The first-order valence-corrected chi connectivity index (χ1v) is 10.4. The van der Waals surface area contributed by atoms with Crippen molar-refractivity contribution in [3.05, 3.63) is 64.7 Å². The van der Waals surface area contributed by atoms with Crippen molar-refractivity contribution in [2.24, 2.45) is 0 Å². The number of aryl methyl sites for hydroxylation is 1. The fourth-order valence-electron chi connectivity index (χ4n) is 3.07. The van der Waals surface area contributed by atoms with Crippen LogP contribution in [-0.4, -0.2) is 35.9 Å². The van der Waals surface area contributed by atoms with Gasteiger partial charge in [0.25, 0.3) is 5.91 Å². The van der Waals surface area contributed by atoms with Gasteiger partial charge in [0.05, 0.1) is 0 Å². The van der Waals surface area contributed by atoms with E-state index in [0.717, 1.165) is 12.0 Å². The quantitative estimate of drug-likeness (QED) is 0.630. The smallest absolute Gasteiger partial charge is 0.261 e. The summed E-state index contributed by atoms with van der Waals surface area (Å²) in [7, 11) is 0. The molecule has 0 spiro atoms. The van der Waals surface area contributed by atoms with Crippen molar-refractivity contribution in [2.45, 2.75) is 46.2 Å². The monoisotopic (exact) mass is 416 g/mol. The predicted molar refractivity (Wildman–Crippen MR) is 116 cm³/mol. The zero-order valence-corrected chi connectivity index (χ0v) is 18.0. The zero-order valence-electron chi connectivity index (χ0n) is 17.3. The highest BCUT2D eigenvalue weighted by Crippen LogP contribution is 2.20. The second-order valence-corrected chi connectivity index (χ2v) is 7.13. The van der Waals surface area contributed by atoms with Crippen LogP contribution < -0.4 is 10.1 Å². The predicted octanol–water partition coefficient (Wildman–Crippen LogP) is 4.22. The minimum absolute atomic E-state index is 0.147. The minimum Gasteiger partial charge on any atom is -0.484 e. The van der Waals surface area contributed by atoms with E-state index < -0.39 is 6.04 Å². The third kappa shape index (κ3) is 6.50. The Balaban J connectivity index is 2.18. The Morgan fingerprint density at radius 1 is 1.07 bits per heavy atom. The van der Waals surface area contributed by atoms with Gasteiger partial charge in [0.2, 0.25) is 5.91 Å². The van der Waals surface area contributed by atoms with Crippen LogP contribution in [0.15, 0.2) is 48.5 Å². The van der Waals surface area contributed by atoms with Crippen LogP contribution in [0.4, 0.5) is 0 Å². The Kier molecular flexibility index (Phi) is 9.00. The standard InChI is InChI=1S/C23H29ClN2O3/c1-4-17-11-13-19(14-12-17)29-16-22(27)26(21(5-2)23(28)25-6-3)15-18-9-7-8-10-20(18)24/h7-14,21H,4-6,15-16H2,1-3H3,(H,25,28)/t21-/m1/s1. The van der Waals surface area contributed by atoms with Crippen LogP contribution in [0.25, 0.3) is 0 Å². The molecule has 0 bridgehead atoms. The number of amides is 2. The summed E-state index contributed by atoms with van der Waals surface area (Å²) in [6, 6.07) is 14.4. The lowest BCUT2D eigenvalue weighted by Gasteiger charge is -2.30. The Morgan fingerprint density at radius 2 is 1.76 bits per heavy atom. The first-order chi connectivity index (χ1) is 14.0. The highest BCUT2D eigenvalue weighted by atomic mass is 35.5. The molecule has 29 heavy (non-hydrogen) atoms. The molecule has 0 aliphatic carbocycles. The van der Waals surface area contributed by atoms with Crippen LogP contribution in [-0.2, 0) is 22.6 Å². The molecule has 0 aliphatic rings. The molecule has 0 aromatic heterocycles. The zero-order chi connectivity index (χ0) is 21.2. The van der Waals surface area contributed by atoms with Crippen LogP contribution in [0.2, 0.25) is 5.02 Å². The second-order valence-electron chi connectivity index (χ2n) is 6.72. The largest absolute Gasteiger partial charge is 0.484 e.